The minimum Gasteiger partial charge on any atom is -0.497 e. The van der Waals surface area contributed by atoms with E-state index >= 15 is 0 Å². The summed E-state index contributed by atoms with van der Waals surface area (Å²) in [6, 6.07) is 6.64. The molecule has 5 rings (SSSR count). The third-order valence-corrected chi connectivity index (χ3v) is 8.11. The van der Waals surface area contributed by atoms with Crippen LogP contribution in [0.25, 0.3) is 11.1 Å². The van der Waals surface area contributed by atoms with Crippen molar-refractivity contribution in [3.05, 3.63) is 64.7 Å². The topological polar surface area (TPSA) is 87.3 Å². The third kappa shape index (κ3) is 5.21. The molecule has 1 amide bonds. The largest absolute Gasteiger partial charge is 0.497 e. The maximum Gasteiger partial charge on any atom is 0.435 e. The number of amidine groups is 1. The zero-order chi connectivity index (χ0) is 27.9. The number of thioether (sulfide) groups is 1. The molecule has 8 nitrogen and oxygen atoms in total. The summed E-state index contributed by atoms with van der Waals surface area (Å²) in [5.41, 5.74) is 1.67. The molecule has 1 fully saturated rings. The van der Waals surface area contributed by atoms with Gasteiger partial charge in [-0.15, -0.1) is 0 Å². The van der Waals surface area contributed by atoms with Gasteiger partial charge in [-0.3, -0.25) is 19.9 Å². The summed E-state index contributed by atoms with van der Waals surface area (Å²) in [5, 5.41) is 12.4. The van der Waals surface area contributed by atoms with Crippen molar-refractivity contribution in [2.24, 2.45) is 0 Å². The SMILES string of the molecule is CCn1cc(-c2cc(CN3CCSC3=N)cc3c2CCN([C@@H](C)c2cc(OC)ccn2)C3=O)c(C(F)(F)F)n1. The molecule has 0 bridgehead atoms. The van der Waals surface area contributed by atoms with Gasteiger partial charge in [0.15, 0.2) is 10.9 Å². The average Bonchev–Trinajstić information content (AvgIpc) is 3.54. The lowest BCUT2D eigenvalue weighted by atomic mass is 9.87. The molecule has 0 aliphatic carbocycles. The van der Waals surface area contributed by atoms with Gasteiger partial charge in [0.25, 0.3) is 5.91 Å². The number of nitrogens with zero attached hydrogens (tertiary/aromatic N) is 5. The second kappa shape index (κ2) is 10.6. The molecule has 0 saturated carbocycles. The van der Waals surface area contributed by atoms with Crippen LogP contribution in [0.1, 0.15) is 52.8 Å². The maximum absolute atomic E-state index is 14.1. The van der Waals surface area contributed by atoms with E-state index in [1.54, 1.807) is 49.4 Å². The molecule has 1 atom stereocenters. The van der Waals surface area contributed by atoms with Gasteiger partial charge >= 0.3 is 6.18 Å². The van der Waals surface area contributed by atoms with Crippen LogP contribution in [0, 0.1) is 5.41 Å². The van der Waals surface area contributed by atoms with E-state index in [-0.39, 0.29) is 24.1 Å². The molecule has 0 unspecified atom stereocenters. The molecule has 1 aromatic carbocycles. The second-order valence-electron chi connectivity index (χ2n) is 9.53. The number of aromatic nitrogens is 3. The Hall–Kier alpha value is -3.54. The zero-order valence-electron chi connectivity index (χ0n) is 21.9. The van der Waals surface area contributed by atoms with Crippen molar-refractivity contribution in [1.82, 2.24) is 24.6 Å². The van der Waals surface area contributed by atoms with E-state index < -0.39 is 11.9 Å². The third-order valence-electron chi connectivity index (χ3n) is 7.19. The molecule has 12 heteroatoms. The Kier molecular flexibility index (Phi) is 7.32. The van der Waals surface area contributed by atoms with E-state index in [0.717, 1.165) is 5.75 Å². The van der Waals surface area contributed by atoms with E-state index in [9.17, 15) is 18.0 Å². The fourth-order valence-electron chi connectivity index (χ4n) is 5.13. The summed E-state index contributed by atoms with van der Waals surface area (Å²) in [6.07, 6.45) is -1.23. The first-order valence-electron chi connectivity index (χ1n) is 12.7. The summed E-state index contributed by atoms with van der Waals surface area (Å²) >= 11 is 1.43. The van der Waals surface area contributed by atoms with Crippen LogP contribution >= 0.6 is 11.8 Å². The van der Waals surface area contributed by atoms with Crippen LogP contribution < -0.4 is 4.74 Å². The first kappa shape index (κ1) is 27.0. The number of rotatable bonds is 7. The van der Waals surface area contributed by atoms with E-state index in [2.05, 4.69) is 10.1 Å². The van der Waals surface area contributed by atoms with Crippen LogP contribution in [0.3, 0.4) is 0 Å². The van der Waals surface area contributed by atoms with Crippen molar-refractivity contribution in [2.45, 2.75) is 45.6 Å². The monoisotopic (exact) mass is 558 g/mol. The number of alkyl halides is 3. The molecule has 1 saturated heterocycles. The van der Waals surface area contributed by atoms with Crippen molar-refractivity contribution in [1.29, 1.82) is 5.41 Å². The molecule has 2 aromatic heterocycles. The van der Waals surface area contributed by atoms with Crippen LogP contribution in [-0.4, -0.2) is 61.6 Å². The van der Waals surface area contributed by atoms with Crippen molar-refractivity contribution >= 4 is 22.8 Å². The molecule has 39 heavy (non-hydrogen) atoms. The molecule has 3 aromatic rings. The zero-order valence-corrected chi connectivity index (χ0v) is 22.7. The van der Waals surface area contributed by atoms with E-state index in [1.165, 1.54) is 22.6 Å². The number of ether oxygens (including phenoxy) is 1. The predicted molar refractivity (Wildman–Crippen MR) is 143 cm³/mol. The van der Waals surface area contributed by atoms with Crippen LogP contribution in [0.15, 0.2) is 36.7 Å². The average molecular weight is 559 g/mol. The number of aryl methyl sites for hydroxylation is 1. The van der Waals surface area contributed by atoms with Crippen LogP contribution in [-0.2, 0) is 25.7 Å². The standard InChI is InChI=1S/C27H29F3N6O2S/c1-4-35-15-22(24(33-35)27(28,29)30)20-11-17(14-34-9-10-39-26(34)31)12-21-19(20)6-8-36(25(21)37)16(2)23-13-18(38-3)5-7-32-23/h5,7,11-13,15-16,31H,4,6,8-10,14H2,1-3H3/t16-/m0/s1. The molecule has 0 spiro atoms. The number of hydrogen-bond donors (Lipinski definition) is 1. The van der Waals surface area contributed by atoms with Gasteiger partial charge in [0, 0.05) is 61.5 Å². The van der Waals surface area contributed by atoms with Gasteiger partial charge in [-0.1, -0.05) is 11.8 Å². The van der Waals surface area contributed by atoms with Crippen molar-refractivity contribution in [3.8, 4) is 16.9 Å². The minimum absolute atomic E-state index is 0.0305. The lowest BCUT2D eigenvalue weighted by molar-refractivity contribution is -0.141. The Bertz CT molecular complexity index is 1420. The van der Waals surface area contributed by atoms with Gasteiger partial charge in [-0.2, -0.15) is 18.3 Å². The molecule has 206 valence electrons. The fraction of sp³-hybridized carbons (Fsp3) is 0.407. The number of fused-ring (bicyclic) bond motifs is 1. The second-order valence-corrected chi connectivity index (χ2v) is 10.6. The highest BCUT2D eigenvalue weighted by Gasteiger charge is 2.39. The normalized spacial score (nSPS) is 16.6. The highest BCUT2D eigenvalue weighted by atomic mass is 32.2. The Labute approximate surface area is 228 Å². The van der Waals surface area contributed by atoms with Gasteiger partial charge < -0.3 is 14.5 Å². The maximum atomic E-state index is 14.1. The lowest BCUT2D eigenvalue weighted by Crippen LogP contribution is -2.40. The van der Waals surface area contributed by atoms with Gasteiger partial charge in [0.05, 0.1) is 18.8 Å². The lowest BCUT2D eigenvalue weighted by Gasteiger charge is -2.35. The molecule has 2 aliphatic heterocycles. The van der Waals surface area contributed by atoms with Gasteiger partial charge in [0.1, 0.15) is 5.75 Å². The smallest absolute Gasteiger partial charge is 0.435 e. The molecular formula is C27H29F3N6O2S. The summed E-state index contributed by atoms with van der Waals surface area (Å²) in [4.78, 5) is 21.9. The summed E-state index contributed by atoms with van der Waals surface area (Å²) < 4.78 is 48.8. The number of carbonyl (C=O) groups excluding carboxylic acids is 1. The molecule has 1 N–H and O–H groups in total. The van der Waals surface area contributed by atoms with Gasteiger partial charge in [0.2, 0.25) is 0 Å². The number of pyridine rings is 1. The number of carbonyl (C=O) groups is 1. The van der Waals surface area contributed by atoms with Gasteiger partial charge in [-0.25, -0.2) is 0 Å². The Morgan fingerprint density at radius 3 is 2.62 bits per heavy atom. The fourth-order valence-corrected chi connectivity index (χ4v) is 5.97. The van der Waals surface area contributed by atoms with Crippen LogP contribution in [0.5, 0.6) is 5.75 Å². The number of hydrogen-bond acceptors (Lipinski definition) is 6. The number of benzene rings is 1. The van der Waals surface area contributed by atoms with Crippen molar-refractivity contribution in [3.63, 3.8) is 0 Å². The Morgan fingerprint density at radius 2 is 1.95 bits per heavy atom. The number of nitrogens with one attached hydrogen (secondary N) is 1. The molecular weight excluding hydrogens is 529 g/mol. The first-order chi connectivity index (χ1) is 18.6. The predicted octanol–water partition coefficient (Wildman–Crippen LogP) is 5.24. The number of amides is 1. The molecule has 2 aliphatic rings. The van der Waals surface area contributed by atoms with Gasteiger partial charge in [-0.05, 0) is 55.2 Å². The van der Waals surface area contributed by atoms with E-state index in [1.807, 2.05) is 11.8 Å². The highest BCUT2D eigenvalue weighted by molar-refractivity contribution is 8.14. The molecule has 4 heterocycles. The Morgan fingerprint density at radius 1 is 1.18 bits per heavy atom. The van der Waals surface area contributed by atoms with Crippen molar-refractivity contribution < 1.29 is 22.7 Å². The Balaban J connectivity index is 1.61. The van der Waals surface area contributed by atoms with E-state index in [0.29, 0.717) is 64.9 Å². The minimum atomic E-state index is -4.65. The first-order valence-corrected chi connectivity index (χ1v) is 13.7. The van der Waals surface area contributed by atoms with Crippen LogP contribution in [0.4, 0.5) is 13.2 Å². The highest BCUT2D eigenvalue weighted by Crippen LogP contribution is 2.41. The summed E-state index contributed by atoms with van der Waals surface area (Å²) in [7, 11) is 1.56. The summed E-state index contributed by atoms with van der Waals surface area (Å²) in [5.74, 6) is 1.13. The summed E-state index contributed by atoms with van der Waals surface area (Å²) in [6.45, 7) is 5.21. The molecule has 0 radical (unpaired) electrons. The van der Waals surface area contributed by atoms with E-state index in [4.69, 9.17) is 10.1 Å². The van der Waals surface area contributed by atoms with Crippen LogP contribution in [0.2, 0.25) is 0 Å². The number of halogens is 3. The van der Waals surface area contributed by atoms with Crippen molar-refractivity contribution in [2.75, 3.05) is 26.0 Å². The quantitative estimate of drug-likeness (QED) is 0.427. The number of methoxy groups -OCH3 is 1.